The van der Waals surface area contributed by atoms with Gasteiger partial charge in [-0.2, -0.15) is 4.31 Å². The fourth-order valence-electron chi connectivity index (χ4n) is 4.26. The molecule has 2 saturated heterocycles. The number of morpholine rings is 1. The summed E-state index contributed by atoms with van der Waals surface area (Å²) in [5.41, 5.74) is 1.65. The number of benzene rings is 2. The second-order valence-electron chi connectivity index (χ2n) is 7.88. The summed E-state index contributed by atoms with van der Waals surface area (Å²) in [5, 5.41) is 0. The van der Waals surface area contributed by atoms with E-state index in [4.69, 9.17) is 4.74 Å². The van der Waals surface area contributed by atoms with Crippen LogP contribution >= 0.6 is 0 Å². The van der Waals surface area contributed by atoms with E-state index in [1.807, 2.05) is 23.1 Å². The lowest BCUT2D eigenvalue weighted by Gasteiger charge is -2.36. The van der Waals surface area contributed by atoms with Crippen LogP contribution in [0.2, 0.25) is 0 Å². The summed E-state index contributed by atoms with van der Waals surface area (Å²) in [6.45, 7) is 2.17. The van der Waals surface area contributed by atoms with Crippen LogP contribution in [0, 0.1) is 0 Å². The highest BCUT2D eigenvalue weighted by Crippen LogP contribution is 2.25. The largest absolute Gasteiger partial charge is 0.379 e. The monoisotopic (exact) mass is 428 g/mol. The lowest BCUT2D eigenvalue weighted by molar-refractivity contribution is 0.0613. The lowest BCUT2D eigenvalue weighted by Crippen LogP contribution is -2.45. The zero-order valence-corrected chi connectivity index (χ0v) is 17.9. The first-order valence-corrected chi connectivity index (χ1v) is 12.0. The number of hydrogen-bond donors (Lipinski definition) is 0. The van der Waals surface area contributed by atoms with Crippen LogP contribution < -0.4 is 0 Å². The molecule has 1 unspecified atom stereocenters. The van der Waals surface area contributed by atoms with Gasteiger partial charge < -0.3 is 9.64 Å². The molecule has 0 N–H and O–H groups in total. The predicted octanol–water partition coefficient (Wildman–Crippen LogP) is 2.94. The molecule has 6 nitrogen and oxygen atoms in total. The van der Waals surface area contributed by atoms with E-state index in [-0.39, 0.29) is 16.8 Å². The fraction of sp³-hybridized carbons (Fsp3) is 0.435. The number of rotatable bonds is 5. The third kappa shape index (κ3) is 4.58. The van der Waals surface area contributed by atoms with Gasteiger partial charge >= 0.3 is 0 Å². The van der Waals surface area contributed by atoms with Gasteiger partial charge in [-0.05, 0) is 49.4 Å². The Kier molecular flexibility index (Phi) is 6.51. The fourth-order valence-corrected chi connectivity index (χ4v) is 5.71. The normalized spacial score (nSPS) is 20.8. The molecule has 2 aromatic carbocycles. The number of carbonyl (C=O) groups excluding carboxylic acids is 1. The molecule has 0 aliphatic carbocycles. The summed E-state index contributed by atoms with van der Waals surface area (Å²) in [6.07, 6.45) is 3.86. The molecule has 2 aliphatic rings. The van der Waals surface area contributed by atoms with E-state index >= 15 is 0 Å². The van der Waals surface area contributed by atoms with Crippen molar-refractivity contribution in [2.75, 3.05) is 32.8 Å². The van der Waals surface area contributed by atoms with Gasteiger partial charge in [-0.1, -0.05) is 36.4 Å². The number of likely N-dealkylation sites (tertiary alicyclic amines) is 1. The minimum Gasteiger partial charge on any atom is -0.379 e. The third-order valence-electron chi connectivity index (χ3n) is 5.89. The van der Waals surface area contributed by atoms with Crippen LogP contribution in [-0.4, -0.2) is 62.4 Å². The van der Waals surface area contributed by atoms with Crippen molar-refractivity contribution in [2.24, 2.45) is 0 Å². The van der Waals surface area contributed by atoms with Crippen LogP contribution in [0.25, 0.3) is 0 Å². The summed E-state index contributed by atoms with van der Waals surface area (Å²) in [5.74, 6) is -0.0883. The van der Waals surface area contributed by atoms with Crippen molar-refractivity contribution in [3.05, 3.63) is 65.7 Å². The highest BCUT2D eigenvalue weighted by molar-refractivity contribution is 7.89. The maximum atomic E-state index is 13.4. The van der Waals surface area contributed by atoms with Crippen molar-refractivity contribution in [3.63, 3.8) is 0 Å². The van der Waals surface area contributed by atoms with Crippen molar-refractivity contribution in [1.29, 1.82) is 0 Å². The highest BCUT2D eigenvalue weighted by atomic mass is 32.2. The molecule has 0 radical (unpaired) electrons. The van der Waals surface area contributed by atoms with Gasteiger partial charge in [0.15, 0.2) is 0 Å². The van der Waals surface area contributed by atoms with Gasteiger partial charge in [0.1, 0.15) is 0 Å². The maximum Gasteiger partial charge on any atom is 0.254 e. The van der Waals surface area contributed by atoms with Crippen LogP contribution in [0.4, 0.5) is 0 Å². The van der Waals surface area contributed by atoms with Crippen molar-refractivity contribution in [2.45, 2.75) is 36.6 Å². The van der Waals surface area contributed by atoms with Crippen LogP contribution in [0.5, 0.6) is 0 Å². The average molecular weight is 429 g/mol. The minimum absolute atomic E-state index is 0.0883. The molecule has 30 heavy (non-hydrogen) atoms. The van der Waals surface area contributed by atoms with Gasteiger partial charge in [-0.25, -0.2) is 8.42 Å². The minimum atomic E-state index is -3.63. The van der Waals surface area contributed by atoms with Gasteiger partial charge in [0.25, 0.3) is 5.91 Å². The summed E-state index contributed by atoms with van der Waals surface area (Å²) in [7, 11) is -3.63. The van der Waals surface area contributed by atoms with Crippen molar-refractivity contribution in [3.8, 4) is 0 Å². The number of ether oxygens (including phenoxy) is 1. The molecule has 0 bridgehead atoms. The zero-order chi connectivity index (χ0) is 21.0. The molecule has 0 saturated carbocycles. The predicted molar refractivity (Wildman–Crippen MR) is 115 cm³/mol. The molecule has 2 fully saturated rings. The average Bonchev–Trinajstić information content (AvgIpc) is 2.80. The molecule has 2 aliphatic heterocycles. The van der Waals surface area contributed by atoms with E-state index in [9.17, 15) is 13.2 Å². The second-order valence-corrected chi connectivity index (χ2v) is 9.82. The molecule has 7 heteroatoms. The Morgan fingerprint density at radius 2 is 1.73 bits per heavy atom. The lowest BCUT2D eigenvalue weighted by atomic mass is 9.95. The number of piperidine rings is 1. The Balaban J connectivity index is 1.55. The molecule has 0 spiro atoms. The van der Waals surface area contributed by atoms with Crippen molar-refractivity contribution in [1.82, 2.24) is 9.21 Å². The molecule has 1 amide bonds. The second kappa shape index (κ2) is 9.29. The topological polar surface area (TPSA) is 66.9 Å². The summed E-state index contributed by atoms with van der Waals surface area (Å²) in [6, 6.07) is 16.8. The van der Waals surface area contributed by atoms with E-state index in [1.54, 1.807) is 18.2 Å². The smallest absolute Gasteiger partial charge is 0.254 e. The molecular weight excluding hydrogens is 400 g/mol. The number of sulfonamides is 1. The Hall–Kier alpha value is -2.22. The quantitative estimate of drug-likeness (QED) is 0.734. The SMILES string of the molecule is O=C(c1cccc(S(=O)(=O)N2CCOCC2)c1)N1CCCCC1Cc1ccccc1. The Bertz CT molecular complexity index is 972. The molecular formula is C23H28N2O4S. The van der Waals surface area contributed by atoms with Gasteiger partial charge in [0.2, 0.25) is 10.0 Å². The first-order valence-electron chi connectivity index (χ1n) is 10.6. The van der Waals surface area contributed by atoms with E-state index in [1.165, 1.54) is 15.9 Å². The molecule has 4 rings (SSSR count). The van der Waals surface area contributed by atoms with Gasteiger partial charge in [0, 0.05) is 31.2 Å². The van der Waals surface area contributed by atoms with E-state index < -0.39 is 10.0 Å². The highest BCUT2D eigenvalue weighted by Gasteiger charge is 2.30. The Labute approximate surface area is 178 Å². The summed E-state index contributed by atoms with van der Waals surface area (Å²) < 4.78 is 32.7. The maximum absolute atomic E-state index is 13.4. The van der Waals surface area contributed by atoms with E-state index in [0.29, 0.717) is 38.4 Å². The number of nitrogens with zero attached hydrogens (tertiary/aromatic N) is 2. The van der Waals surface area contributed by atoms with Gasteiger partial charge in [-0.3, -0.25) is 4.79 Å². The van der Waals surface area contributed by atoms with Crippen molar-refractivity contribution >= 4 is 15.9 Å². The standard InChI is InChI=1S/C23H28N2O4S/c26-23(25-12-5-4-10-21(25)17-19-7-2-1-3-8-19)20-9-6-11-22(18-20)30(27,28)24-13-15-29-16-14-24/h1-3,6-9,11,18,21H,4-5,10,12-17H2. The molecule has 0 aromatic heterocycles. The van der Waals surface area contributed by atoms with Crippen LogP contribution in [0.1, 0.15) is 35.2 Å². The van der Waals surface area contributed by atoms with Gasteiger partial charge in [0.05, 0.1) is 18.1 Å². The first-order chi connectivity index (χ1) is 14.6. The Morgan fingerprint density at radius 1 is 0.967 bits per heavy atom. The summed E-state index contributed by atoms with van der Waals surface area (Å²) >= 11 is 0. The van der Waals surface area contributed by atoms with Crippen LogP contribution in [0.15, 0.2) is 59.5 Å². The van der Waals surface area contributed by atoms with E-state index in [2.05, 4.69) is 12.1 Å². The van der Waals surface area contributed by atoms with Crippen LogP contribution in [0.3, 0.4) is 0 Å². The van der Waals surface area contributed by atoms with Gasteiger partial charge in [-0.15, -0.1) is 0 Å². The van der Waals surface area contributed by atoms with E-state index in [0.717, 1.165) is 25.7 Å². The molecule has 160 valence electrons. The Morgan fingerprint density at radius 3 is 2.50 bits per heavy atom. The number of carbonyl (C=O) groups is 1. The van der Waals surface area contributed by atoms with Crippen molar-refractivity contribution < 1.29 is 17.9 Å². The summed E-state index contributed by atoms with van der Waals surface area (Å²) in [4.78, 5) is 15.5. The third-order valence-corrected chi connectivity index (χ3v) is 7.79. The molecule has 1 atom stereocenters. The zero-order valence-electron chi connectivity index (χ0n) is 17.1. The molecule has 2 aromatic rings. The number of amides is 1. The van der Waals surface area contributed by atoms with Crippen LogP contribution in [-0.2, 0) is 21.2 Å². The number of hydrogen-bond acceptors (Lipinski definition) is 4. The first kappa shape index (κ1) is 21.0. The molecule has 2 heterocycles.